The molecule has 1 N–H and O–H groups in total. The van der Waals surface area contributed by atoms with Crippen molar-refractivity contribution in [3.05, 3.63) is 0 Å². The van der Waals surface area contributed by atoms with Gasteiger partial charge in [-0.25, -0.2) is 0 Å². The van der Waals surface area contributed by atoms with Crippen LogP contribution in [0.1, 0.15) is 34.1 Å². The van der Waals surface area contributed by atoms with E-state index in [-0.39, 0.29) is 0 Å². The van der Waals surface area contributed by atoms with Crippen LogP contribution in [0.25, 0.3) is 0 Å². The number of nitrogens with one attached hydrogen (secondary N) is 1. The van der Waals surface area contributed by atoms with Crippen LogP contribution in [-0.4, -0.2) is 62.2 Å². The topological polar surface area (TPSA) is 18.5 Å². The van der Waals surface area contributed by atoms with E-state index < -0.39 is 0 Å². The number of hydrogen-bond acceptors (Lipinski definition) is 3. The molecular formula is C15H33N3. The van der Waals surface area contributed by atoms with Gasteiger partial charge in [0.1, 0.15) is 0 Å². The standard InChI is InChI=1S/C15H33N3/c1-12(2)9-16-10-15(13(3)4)18-8-7-14(11-18)17(5)6/h12-16H,7-11H2,1-6H3. The van der Waals surface area contributed by atoms with Crippen LogP contribution in [0.3, 0.4) is 0 Å². The second-order valence-electron chi connectivity index (χ2n) is 6.76. The van der Waals surface area contributed by atoms with Gasteiger partial charge < -0.3 is 10.2 Å². The number of nitrogens with zero attached hydrogens (tertiary/aromatic N) is 2. The third-order valence-corrected chi connectivity index (χ3v) is 4.07. The molecule has 0 aromatic carbocycles. The first-order valence-corrected chi connectivity index (χ1v) is 7.53. The Hall–Kier alpha value is -0.120. The summed E-state index contributed by atoms with van der Waals surface area (Å²) in [7, 11) is 4.41. The molecule has 3 heteroatoms. The Morgan fingerprint density at radius 1 is 1.17 bits per heavy atom. The lowest BCUT2D eigenvalue weighted by atomic mass is 10.0. The Kier molecular flexibility index (Phi) is 6.61. The van der Waals surface area contributed by atoms with Gasteiger partial charge in [-0.2, -0.15) is 0 Å². The molecule has 3 nitrogen and oxygen atoms in total. The Morgan fingerprint density at radius 3 is 2.28 bits per heavy atom. The average Bonchev–Trinajstić information content (AvgIpc) is 2.72. The molecule has 0 aromatic heterocycles. The van der Waals surface area contributed by atoms with Crippen molar-refractivity contribution in [2.45, 2.75) is 46.2 Å². The predicted octanol–water partition coefficient (Wildman–Crippen LogP) is 1.89. The Morgan fingerprint density at radius 2 is 1.83 bits per heavy atom. The highest BCUT2D eigenvalue weighted by Gasteiger charge is 2.30. The van der Waals surface area contributed by atoms with Crippen LogP contribution in [0, 0.1) is 11.8 Å². The zero-order valence-corrected chi connectivity index (χ0v) is 13.2. The minimum atomic E-state index is 0.689. The fraction of sp³-hybridized carbons (Fsp3) is 1.00. The van der Waals surface area contributed by atoms with Gasteiger partial charge >= 0.3 is 0 Å². The number of likely N-dealkylation sites (N-methyl/N-ethyl adjacent to an activating group) is 1. The van der Waals surface area contributed by atoms with Crippen molar-refractivity contribution < 1.29 is 0 Å². The summed E-state index contributed by atoms with van der Waals surface area (Å²) in [4.78, 5) is 5.06. The van der Waals surface area contributed by atoms with Crippen molar-refractivity contribution >= 4 is 0 Å². The highest BCUT2D eigenvalue weighted by molar-refractivity contribution is 4.87. The highest BCUT2D eigenvalue weighted by Crippen LogP contribution is 2.20. The van der Waals surface area contributed by atoms with Gasteiger partial charge in [0, 0.05) is 31.7 Å². The van der Waals surface area contributed by atoms with E-state index >= 15 is 0 Å². The summed E-state index contributed by atoms with van der Waals surface area (Å²) in [6, 6.07) is 1.44. The van der Waals surface area contributed by atoms with Crippen LogP contribution < -0.4 is 5.32 Å². The molecule has 1 aliphatic rings. The molecule has 1 aliphatic heterocycles. The minimum absolute atomic E-state index is 0.689. The normalized spacial score (nSPS) is 23.5. The monoisotopic (exact) mass is 255 g/mol. The lowest BCUT2D eigenvalue weighted by Crippen LogP contribution is -2.46. The zero-order valence-electron chi connectivity index (χ0n) is 13.2. The molecule has 2 unspecified atom stereocenters. The van der Waals surface area contributed by atoms with Crippen LogP contribution in [0.5, 0.6) is 0 Å². The van der Waals surface area contributed by atoms with E-state index in [4.69, 9.17) is 0 Å². The molecule has 0 aromatic rings. The lowest BCUT2D eigenvalue weighted by molar-refractivity contribution is 0.170. The van der Waals surface area contributed by atoms with Crippen LogP contribution in [0.15, 0.2) is 0 Å². The fourth-order valence-corrected chi connectivity index (χ4v) is 2.80. The maximum atomic E-state index is 3.63. The van der Waals surface area contributed by atoms with E-state index in [1.807, 2.05) is 0 Å². The van der Waals surface area contributed by atoms with Crippen molar-refractivity contribution in [2.24, 2.45) is 11.8 Å². The molecule has 0 aliphatic carbocycles. The quantitative estimate of drug-likeness (QED) is 0.749. The van der Waals surface area contributed by atoms with E-state index in [1.165, 1.54) is 19.5 Å². The van der Waals surface area contributed by atoms with Gasteiger partial charge in [0.25, 0.3) is 0 Å². The third kappa shape index (κ3) is 4.87. The smallest absolute Gasteiger partial charge is 0.0244 e. The molecule has 2 atom stereocenters. The van der Waals surface area contributed by atoms with Crippen molar-refractivity contribution in [2.75, 3.05) is 40.3 Å². The molecule has 18 heavy (non-hydrogen) atoms. The SMILES string of the molecule is CC(C)CNCC(C(C)C)N1CCC(N(C)C)C1. The molecule has 0 spiro atoms. The van der Waals surface area contributed by atoms with E-state index in [0.717, 1.165) is 31.0 Å². The van der Waals surface area contributed by atoms with Gasteiger partial charge in [-0.1, -0.05) is 27.7 Å². The van der Waals surface area contributed by atoms with Gasteiger partial charge in [-0.05, 0) is 38.9 Å². The molecule has 1 rings (SSSR count). The summed E-state index contributed by atoms with van der Waals surface area (Å²) in [6.07, 6.45) is 1.32. The van der Waals surface area contributed by atoms with E-state index in [1.54, 1.807) is 0 Å². The van der Waals surface area contributed by atoms with Crippen LogP contribution in [-0.2, 0) is 0 Å². The lowest BCUT2D eigenvalue weighted by Gasteiger charge is -2.32. The first-order valence-electron chi connectivity index (χ1n) is 7.53. The first-order chi connectivity index (χ1) is 8.41. The average molecular weight is 255 g/mol. The molecule has 1 saturated heterocycles. The second kappa shape index (κ2) is 7.46. The summed E-state index contributed by atoms with van der Waals surface area (Å²) >= 11 is 0. The highest BCUT2D eigenvalue weighted by atomic mass is 15.3. The second-order valence-corrected chi connectivity index (χ2v) is 6.76. The van der Waals surface area contributed by atoms with E-state index in [0.29, 0.717) is 6.04 Å². The van der Waals surface area contributed by atoms with Crippen molar-refractivity contribution in [1.29, 1.82) is 0 Å². The maximum absolute atomic E-state index is 3.63. The Labute approximate surface area is 114 Å². The first kappa shape index (κ1) is 15.9. The van der Waals surface area contributed by atoms with E-state index in [2.05, 4.69) is 56.9 Å². The number of rotatable bonds is 7. The van der Waals surface area contributed by atoms with Gasteiger partial charge in [-0.3, -0.25) is 4.90 Å². The van der Waals surface area contributed by atoms with Crippen LogP contribution >= 0.6 is 0 Å². The molecule has 0 bridgehead atoms. The molecule has 108 valence electrons. The molecule has 1 fully saturated rings. The molecule has 0 radical (unpaired) electrons. The number of hydrogen-bond donors (Lipinski definition) is 1. The van der Waals surface area contributed by atoms with Gasteiger partial charge in [0.2, 0.25) is 0 Å². The fourth-order valence-electron chi connectivity index (χ4n) is 2.80. The maximum Gasteiger partial charge on any atom is 0.0244 e. The van der Waals surface area contributed by atoms with E-state index in [9.17, 15) is 0 Å². The van der Waals surface area contributed by atoms with Gasteiger partial charge in [0.15, 0.2) is 0 Å². The van der Waals surface area contributed by atoms with Gasteiger partial charge in [0.05, 0.1) is 0 Å². The van der Waals surface area contributed by atoms with Crippen molar-refractivity contribution in [1.82, 2.24) is 15.1 Å². The van der Waals surface area contributed by atoms with Crippen molar-refractivity contribution in [3.8, 4) is 0 Å². The third-order valence-electron chi connectivity index (χ3n) is 4.07. The number of likely N-dealkylation sites (tertiary alicyclic amines) is 1. The summed E-state index contributed by atoms with van der Waals surface area (Å²) in [5, 5.41) is 3.63. The summed E-state index contributed by atoms with van der Waals surface area (Å²) in [6.45, 7) is 14.0. The van der Waals surface area contributed by atoms with Crippen molar-refractivity contribution in [3.63, 3.8) is 0 Å². The summed E-state index contributed by atoms with van der Waals surface area (Å²) in [5.41, 5.74) is 0. The van der Waals surface area contributed by atoms with Crippen LogP contribution in [0.4, 0.5) is 0 Å². The molecule has 1 heterocycles. The largest absolute Gasteiger partial charge is 0.315 e. The summed E-state index contributed by atoms with van der Waals surface area (Å²) in [5.74, 6) is 1.47. The molecule has 0 saturated carbocycles. The van der Waals surface area contributed by atoms with Crippen LogP contribution in [0.2, 0.25) is 0 Å². The zero-order chi connectivity index (χ0) is 13.7. The molecular weight excluding hydrogens is 222 g/mol. The summed E-state index contributed by atoms with van der Waals surface area (Å²) < 4.78 is 0. The Bertz CT molecular complexity index is 226. The minimum Gasteiger partial charge on any atom is -0.315 e. The molecule has 0 amide bonds. The Balaban J connectivity index is 2.43. The predicted molar refractivity (Wildman–Crippen MR) is 80.0 cm³/mol. The van der Waals surface area contributed by atoms with Gasteiger partial charge in [-0.15, -0.1) is 0 Å².